The molecule has 0 aliphatic heterocycles. The summed E-state index contributed by atoms with van der Waals surface area (Å²) in [6.07, 6.45) is 4.22. The minimum absolute atomic E-state index is 0.0863. The van der Waals surface area contributed by atoms with Crippen molar-refractivity contribution in [3.63, 3.8) is 0 Å². The second-order valence-electron chi connectivity index (χ2n) is 8.21. The van der Waals surface area contributed by atoms with E-state index in [-0.39, 0.29) is 25.4 Å². The van der Waals surface area contributed by atoms with Crippen LogP contribution in [0.15, 0.2) is 48.5 Å². The Bertz CT molecular complexity index is 1020. The van der Waals surface area contributed by atoms with Gasteiger partial charge < -0.3 is 20.5 Å². The SMILES string of the molecule is C#CC(C)(C)NC(=O)C(CCC(=O)O)NC(=O)OCC1c2ccccc2-c2ccccc21. The Morgan fingerprint density at radius 1 is 1.09 bits per heavy atom. The third-order valence-electron chi connectivity index (χ3n) is 5.40. The molecule has 3 rings (SSSR count). The zero-order chi connectivity index (χ0) is 23.3. The van der Waals surface area contributed by atoms with Gasteiger partial charge in [0.2, 0.25) is 5.91 Å². The second-order valence-corrected chi connectivity index (χ2v) is 8.21. The Morgan fingerprint density at radius 2 is 1.66 bits per heavy atom. The molecule has 2 aromatic rings. The Morgan fingerprint density at radius 3 is 2.19 bits per heavy atom. The fourth-order valence-corrected chi connectivity index (χ4v) is 3.75. The fraction of sp³-hybridized carbons (Fsp3) is 0.320. The van der Waals surface area contributed by atoms with E-state index >= 15 is 0 Å². The molecule has 1 unspecified atom stereocenters. The number of carbonyl (C=O) groups is 3. The van der Waals surface area contributed by atoms with E-state index in [1.54, 1.807) is 13.8 Å². The highest BCUT2D eigenvalue weighted by Crippen LogP contribution is 2.44. The molecule has 0 saturated carbocycles. The Kier molecular flexibility index (Phi) is 6.84. The summed E-state index contributed by atoms with van der Waals surface area (Å²) in [5, 5.41) is 14.1. The summed E-state index contributed by atoms with van der Waals surface area (Å²) in [6.45, 7) is 3.35. The molecule has 0 heterocycles. The van der Waals surface area contributed by atoms with Crippen LogP contribution in [0.4, 0.5) is 4.79 Å². The molecule has 1 aliphatic rings. The summed E-state index contributed by atoms with van der Waals surface area (Å²) in [5.41, 5.74) is 3.40. The number of rotatable bonds is 8. The average Bonchev–Trinajstić information content (AvgIpc) is 3.08. The van der Waals surface area contributed by atoms with Gasteiger partial charge >= 0.3 is 12.1 Å². The molecular weight excluding hydrogens is 408 g/mol. The molecule has 1 atom stereocenters. The van der Waals surface area contributed by atoms with Crippen molar-refractivity contribution >= 4 is 18.0 Å². The van der Waals surface area contributed by atoms with Crippen LogP contribution >= 0.6 is 0 Å². The first-order chi connectivity index (χ1) is 15.2. The zero-order valence-corrected chi connectivity index (χ0v) is 18.1. The number of amides is 2. The molecule has 1 aliphatic carbocycles. The maximum absolute atomic E-state index is 12.6. The third-order valence-corrected chi connectivity index (χ3v) is 5.40. The van der Waals surface area contributed by atoms with E-state index in [1.807, 2.05) is 48.5 Å². The van der Waals surface area contributed by atoms with Crippen molar-refractivity contribution in [1.29, 1.82) is 0 Å². The third kappa shape index (κ3) is 5.27. The number of benzene rings is 2. The number of carboxylic acid groups (broad SMARTS) is 1. The molecular formula is C25H26N2O5. The molecule has 0 radical (unpaired) electrons. The van der Waals surface area contributed by atoms with Crippen molar-refractivity contribution in [2.45, 2.75) is 44.2 Å². The largest absolute Gasteiger partial charge is 0.481 e. The summed E-state index contributed by atoms with van der Waals surface area (Å²) in [6, 6.07) is 14.8. The number of ether oxygens (including phenoxy) is 1. The van der Waals surface area contributed by atoms with Crippen LogP contribution in [0.5, 0.6) is 0 Å². The molecule has 3 N–H and O–H groups in total. The van der Waals surface area contributed by atoms with Gasteiger partial charge in [0.1, 0.15) is 12.6 Å². The molecule has 7 heteroatoms. The number of fused-ring (bicyclic) bond motifs is 3. The van der Waals surface area contributed by atoms with Crippen LogP contribution in [-0.2, 0) is 14.3 Å². The Hall–Kier alpha value is -3.79. The normalized spacial score (nSPS) is 13.3. The van der Waals surface area contributed by atoms with Gasteiger partial charge in [-0.25, -0.2) is 4.79 Å². The summed E-state index contributed by atoms with van der Waals surface area (Å²) in [5.74, 6) is 0.666. The predicted octanol–water partition coefficient (Wildman–Crippen LogP) is 3.29. The first-order valence-corrected chi connectivity index (χ1v) is 10.3. The first kappa shape index (κ1) is 22.9. The van der Waals surface area contributed by atoms with Gasteiger partial charge in [-0.15, -0.1) is 6.42 Å². The lowest BCUT2D eigenvalue weighted by Gasteiger charge is -2.24. The monoisotopic (exact) mass is 434 g/mol. The first-order valence-electron chi connectivity index (χ1n) is 10.3. The van der Waals surface area contributed by atoms with Crippen molar-refractivity contribution in [3.05, 3.63) is 59.7 Å². The number of aliphatic carboxylic acids is 1. The van der Waals surface area contributed by atoms with Gasteiger partial charge in [-0.3, -0.25) is 9.59 Å². The topological polar surface area (TPSA) is 105 Å². The van der Waals surface area contributed by atoms with Gasteiger partial charge in [0.15, 0.2) is 0 Å². The highest BCUT2D eigenvalue weighted by molar-refractivity contribution is 5.87. The van der Waals surface area contributed by atoms with Gasteiger partial charge in [0.05, 0.1) is 5.54 Å². The van der Waals surface area contributed by atoms with Gasteiger partial charge in [-0.1, -0.05) is 54.5 Å². The Balaban J connectivity index is 1.68. The lowest BCUT2D eigenvalue weighted by molar-refractivity contribution is -0.137. The fourth-order valence-electron chi connectivity index (χ4n) is 3.75. The number of carboxylic acids is 1. The highest BCUT2D eigenvalue weighted by atomic mass is 16.5. The molecule has 2 amide bonds. The molecule has 7 nitrogen and oxygen atoms in total. The zero-order valence-electron chi connectivity index (χ0n) is 18.1. The molecule has 0 saturated heterocycles. The van der Waals surface area contributed by atoms with Crippen molar-refractivity contribution < 1.29 is 24.2 Å². The van der Waals surface area contributed by atoms with Crippen LogP contribution in [0.3, 0.4) is 0 Å². The summed E-state index contributed by atoms with van der Waals surface area (Å²) < 4.78 is 5.47. The quantitative estimate of drug-likeness (QED) is 0.553. The molecule has 0 fully saturated rings. The lowest BCUT2D eigenvalue weighted by Crippen LogP contribution is -2.53. The number of alkyl carbamates (subject to hydrolysis) is 1. The second kappa shape index (κ2) is 9.56. The van der Waals surface area contributed by atoms with E-state index in [1.165, 1.54) is 0 Å². The van der Waals surface area contributed by atoms with E-state index < -0.39 is 29.6 Å². The molecule has 166 valence electrons. The van der Waals surface area contributed by atoms with Crippen molar-refractivity contribution in [2.75, 3.05) is 6.61 Å². The van der Waals surface area contributed by atoms with Crippen LogP contribution in [0.25, 0.3) is 11.1 Å². The maximum Gasteiger partial charge on any atom is 0.407 e. The number of carbonyl (C=O) groups excluding carboxylic acids is 2. The standard InChI is InChI=1S/C25H26N2O5/c1-4-25(2,3)27-23(30)21(13-14-22(28)29)26-24(31)32-15-20-18-11-7-5-9-16(18)17-10-6-8-12-19(17)20/h1,5-12,20-21H,13-15H2,2-3H3,(H,26,31)(H,27,30)(H,28,29). The van der Waals surface area contributed by atoms with Crippen molar-refractivity contribution in [2.24, 2.45) is 0 Å². The molecule has 0 bridgehead atoms. The number of hydrogen-bond acceptors (Lipinski definition) is 4. The van der Waals surface area contributed by atoms with Crippen LogP contribution in [0.2, 0.25) is 0 Å². The Labute approximate surface area is 187 Å². The van der Waals surface area contributed by atoms with E-state index in [9.17, 15) is 14.4 Å². The summed E-state index contributed by atoms with van der Waals surface area (Å²) in [4.78, 5) is 36.1. The van der Waals surface area contributed by atoms with Gasteiger partial charge in [-0.2, -0.15) is 0 Å². The van der Waals surface area contributed by atoms with Crippen LogP contribution < -0.4 is 10.6 Å². The predicted molar refractivity (Wildman–Crippen MR) is 120 cm³/mol. The lowest BCUT2D eigenvalue weighted by atomic mass is 9.98. The van der Waals surface area contributed by atoms with Gasteiger partial charge in [0, 0.05) is 12.3 Å². The molecule has 2 aromatic carbocycles. The van der Waals surface area contributed by atoms with Crippen molar-refractivity contribution in [3.8, 4) is 23.5 Å². The van der Waals surface area contributed by atoms with Gasteiger partial charge in [-0.05, 0) is 42.5 Å². The van der Waals surface area contributed by atoms with Gasteiger partial charge in [0.25, 0.3) is 0 Å². The van der Waals surface area contributed by atoms with Crippen molar-refractivity contribution in [1.82, 2.24) is 10.6 Å². The van der Waals surface area contributed by atoms with Crippen LogP contribution in [0, 0.1) is 12.3 Å². The minimum Gasteiger partial charge on any atom is -0.481 e. The average molecular weight is 434 g/mol. The number of nitrogens with one attached hydrogen (secondary N) is 2. The van der Waals surface area contributed by atoms with E-state index in [0.29, 0.717) is 0 Å². The maximum atomic E-state index is 12.6. The number of terminal acetylenes is 1. The molecule has 0 aromatic heterocycles. The summed E-state index contributed by atoms with van der Waals surface area (Å²) in [7, 11) is 0. The summed E-state index contributed by atoms with van der Waals surface area (Å²) >= 11 is 0. The van der Waals surface area contributed by atoms with E-state index in [0.717, 1.165) is 22.3 Å². The van der Waals surface area contributed by atoms with Crippen LogP contribution in [0.1, 0.15) is 43.7 Å². The highest BCUT2D eigenvalue weighted by Gasteiger charge is 2.30. The molecule has 32 heavy (non-hydrogen) atoms. The number of hydrogen-bond donors (Lipinski definition) is 3. The van der Waals surface area contributed by atoms with Crippen LogP contribution in [-0.4, -0.2) is 41.3 Å². The smallest absolute Gasteiger partial charge is 0.407 e. The molecule has 0 spiro atoms. The van der Waals surface area contributed by atoms with E-state index in [2.05, 4.69) is 16.6 Å². The minimum atomic E-state index is -1.09. The van der Waals surface area contributed by atoms with E-state index in [4.69, 9.17) is 16.3 Å².